The molecule has 3 heterocycles. The normalized spacial score (nSPS) is 22.7. The van der Waals surface area contributed by atoms with Gasteiger partial charge in [0.25, 0.3) is 0 Å². The van der Waals surface area contributed by atoms with Crippen molar-refractivity contribution in [3.05, 3.63) is 117 Å². The monoisotopic (exact) mass is 622 g/mol. The van der Waals surface area contributed by atoms with Crippen molar-refractivity contribution < 1.29 is 41.0 Å². The minimum absolute atomic E-state index is 0.104. The molecule has 1 unspecified atom stereocenters. The summed E-state index contributed by atoms with van der Waals surface area (Å²) in [4.78, 5) is 14.0. The zero-order valence-corrected chi connectivity index (χ0v) is 24.2. The number of halogens is 5. The molecule has 7 rings (SSSR count). The van der Waals surface area contributed by atoms with E-state index in [1.807, 2.05) is 0 Å². The van der Waals surface area contributed by atoms with Crippen molar-refractivity contribution in [3.63, 3.8) is 0 Å². The largest absolute Gasteiger partial charge is 0.545 e. The van der Waals surface area contributed by atoms with Crippen LogP contribution in [0.3, 0.4) is 0 Å². The van der Waals surface area contributed by atoms with Crippen molar-refractivity contribution in [1.82, 2.24) is 0 Å². The van der Waals surface area contributed by atoms with Crippen molar-refractivity contribution >= 4 is 40.7 Å². The molecule has 1 aliphatic carbocycles. The summed E-state index contributed by atoms with van der Waals surface area (Å²) in [6.45, 7) is 1.43. The van der Waals surface area contributed by atoms with Crippen LogP contribution >= 0.6 is 7.14 Å². The summed E-state index contributed by atoms with van der Waals surface area (Å²) in [5, 5.41) is 13.1. The Kier molecular flexibility index (Phi) is 6.55. The second-order valence-electron chi connectivity index (χ2n) is 11.3. The summed E-state index contributed by atoms with van der Waals surface area (Å²) in [6.07, 6.45) is 2.66. The van der Waals surface area contributed by atoms with Crippen LogP contribution in [0.15, 0.2) is 77.6 Å². The Morgan fingerprint density at radius 1 is 0.955 bits per heavy atom. The predicted octanol–water partition coefficient (Wildman–Crippen LogP) is 4.32. The van der Waals surface area contributed by atoms with E-state index in [1.165, 1.54) is 12.1 Å². The van der Waals surface area contributed by atoms with E-state index in [-0.39, 0.29) is 53.5 Å². The van der Waals surface area contributed by atoms with Crippen molar-refractivity contribution in [1.29, 1.82) is 0 Å². The highest BCUT2D eigenvalue weighted by Gasteiger charge is 2.45. The highest BCUT2D eigenvalue weighted by Crippen LogP contribution is 2.62. The maximum Gasteiger partial charge on any atom is 0.216 e. The number of aromatic carboxylic acids is 1. The number of carboxylic acids is 1. The lowest BCUT2D eigenvalue weighted by atomic mass is 9.85. The highest BCUT2D eigenvalue weighted by atomic mass is 31.2. The topological polar surface area (TPSA) is 63.4 Å². The van der Waals surface area contributed by atoms with Crippen LogP contribution in [0, 0.1) is 24.4 Å². The van der Waals surface area contributed by atoms with Gasteiger partial charge in [0.2, 0.25) is 11.9 Å². The van der Waals surface area contributed by atoms with Crippen LogP contribution in [-0.4, -0.2) is 54.8 Å². The Balaban J connectivity index is 1.61. The summed E-state index contributed by atoms with van der Waals surface area (Å²) in [6, 6.07) is 13.3. The summed E-state index contributed by atoms with van der Waals surface area (Å²) >= 11 is 0. The molecule has 3 aliphatic heterocycles. The fourth-order valence-electron chi connectivity index (χ4n) is 6.31. The molecule has 0 aromatic heterocycles. The fourth-order valence-corrected chi connectivity index (χ4v) is 9.40. The van der Waals surface area contributed by atoms with Gasteiger partial charge in [0.05, 0.1) is 19.1 Å². The number of anilines is 1. The Morgan fingerprint density at radius 3 is 2.30 bits per heavy atom. The van der Waals surface area contributed by atoms with Gasteiger partial charge in [-0.3, -0.25) is 0 Å². The first-order valence-corrected chi connectivity index (χ1v) is 15.7. The molecule has 0 N–H and O–H groups in total. The zero-order chi connectivity index (χ0) is 31.1. The molecule has 0 amide bonds. The van der Waals surface area contributed by atoms with Gasteiger partial charge in [-0.15, -0.1) is 0 Å². The van der Waals surface area contributed by atoms with Crippen molar-refractivity contribution in [2.75, 3.05) is 31.1 Å². The maximum absolute atomic E-state index is 16.1. The van der Waals surface area contributed by atoms with Gasteiger partial charge in [-0.2, -0.15) is 0 Å². The number of hydrogen-bond acceptors (Lipinski definition) is 4. The molecule has 3 aromatic rings. The van der Waals surface area contributed by atoms with Crippen LogP contribution in [0.4, 0.5) is 27.6 Å². The van der Waals surface area contributed by atoms with Crippen LogP contribution in [0.1, 0.15) is 27.0 Å². The summed E-state index contributed by atoms with van der Waals surface area (Å²) in [5.41, 5.74) is -1.48. The molecule has 0 radical (unpaired) electrons. The average Bonchev–Trinajstić information content (AvgIpc) is 2.99. The summed E-state index contributed by atoms with van der Waals surface area (Å²) in [7, 11) is -3.84. The molecule has 0 bridgehead atoms. The Morgan fingerprint density at radius 2 is 1.66 bits per heavy atom. The molecular weight excluding hydrogens is 598 g/mol. The second kappa shape index (κ2) is 10.1. The number of hydrogen-bond donors (Lipinski definition) is 0. The first kappa shape index (κ1) is 28.5. The van der Waals surface area contributed by atoms with Gasteiger partial charge in [-0.1, -0.05) is 36.4 Å². The third kappa shape index (κ3) is 4.07. The number of benzene rings is 3. The molecule has 4 aliphatic rings. The second-order valence-corrected chi connectivity index (χ2v) is 14.0. The van der Waals surface area contributed by atoms with Gasteiger partial charge in [-0.25, -0.2) is 26.5 Å². The highest BCUT2D eigenvalue weighted by molar-refractivity contribution is 7.83. The third-order valence-electron chi connectivity index (χ3n) is 8.70. The quantitative estimate of drug-likeness (QED) is 0.188. The Bertz CT molecular complexity index is 1950. The van der Waals surface area contributed by atoms with E-state index < -0.39 is 59.6 Å². The van der Waals surface area contributed by atoms with Crippen LogP contribution < -0.4 is 20.6 Å². The number of carbonyl (C=O) groups excluding carboxylic acids is 1. The molecule has 0 spiro atoms. The Labute approximate surface area is 249 Å². The molecule has 0 saturated carbocycles. The van der Waals surface area contributed by atoms with Crippen LogP contribution in [0.2, 0.25) is 0 Å². The molecule has 1 atom stereocenters. The number of carbonyl (C=O) groups is 1. The first-order valence-electron chi connectivity index (χ1n) is 14.0. The standard InChI is InChI=1S/C33H24F5N2O3P/c1-17-30(36)28(29(33(41)42)32(38)31(17)37)27-23-9-7-20(39-13-18(34)14-39)11-25(23)44(43,22-5-3-2-4-6-22)26-12-21(8-10-24(26)27)40-15-19(35)16-40/h2-12,18-19H,13-16H2,1H3. The first-order chi connectivity index (χ1) is 21.0. The van der Waals surface area contributed by atoms with Crippen LogP contribution in [0.25, 0.3) is 5.57 Å². The minimum atomic E-state index is -3.84. The van der Waals surface area contributed by atoms with Crippen LogP contribution in [-0.2, 0) is 4.57 Å². The van der Waals surface area contributed by atoms with Gasteiger partial charge in [-0.05, 0) is 36.3 Å². The van der Waals surface area contributed by atoms with E-state index in [0.29, 0.717) is 16.7 Å². The predicted molar refractivity (Wildman–Crippen MR) is 155 cm³/mol. The zero-order valence-electron chi connectivity index (χ0n) is 23.3. The van der Waals surface area contributed by atoms with Crippen molar-refractivity contribution in [3.8, 4) is 0 Å². The van der Waals surface area contributed by atoms with Gasteiger partial charge in [0.1, 0.15) is 12.0 Å². The molecule has 3 aromatic carbocycles. The lowest BCUT2D eigenvalue weighted by Gasteiger charge is -2.39. The van der Waals surface area contributed by atoms with Crippen LogP contribution in [0.5, 0.6) is 0 Å². The number of alkyl halides is 2. The van der Waals surface area contributed by atoms with Gasteiger partial charge in [0, 0.05) is 56.0 Å². The number of carboxylic acid groups (broad SMARTS) is 1. The van der Waals surface area contributed by atoms with E-state index in [9.17, 15) is 23.1 Å². The maximum atomic E-state index is 16.1. The summed E-state index contributed by atoms with van der Waals surface area (Å²) < 4.78 is 91.2. The minimum Gasteiger partial charge on any atom is -0.545 e. The Hall–Kier alpha value is -4.30. The average molecular weight is 623 g/mol. The number of fused-ring (bicyclic) bond motifs is 2. The molecular formula is C33H24F5N2O3P. The van der Waals surface area contributed by atoms with E-state index >= 15 is 13.3 Å². The van der Waals surface area contributed by atoms with Crippen molar-refractivity contribution in [2.45, 2.75) is 19.3 Å². The van der Waals surface area contributed by atoms with Gasteiger partial charge >= 0.3 is 0 Å². The summed E-state index contributed by atoms with van der Waals surface area (Å²) in [5.74, 6) is -6.85. The van der Waals surface area contributed by atoms with Gasteiger partial charge in [0.15, 0.2) is 31.9 Å². The molecule has 2 fully saturated rings. The molecule has 2 saturated heterocycles. The number of nitrogens with zero attached hydrogens (tertiary/aromatic N) is 2. The third-order valence-corrected chi connectivity index (χ3v) is 11.8. The lowest BCUT2D eigenvalue weighted by molar-refractivity contribution is -0.599. The molecule has 5 nitrogen and oxygen atoms in total. The SMILES string of the molecule is Cc1c(F)c(F)c(C(=O)[O-])c(C2=C3C=CC(=[N+]4CC(F)C4)C=C3P(=O)(c3ccccc3)c3cc(N4CC(F)C4)ccc32)c1F. The molecule has 11 heteroatoms. The van der Waals surface area contributed by atoms with Gasteiger partial charge < -0.3 is 19.4 Å². The lowest BCUT2D eigenvalue weighted by Crippen LogP contribution is -2.48. The van der Waals surface area contributed by atoms with E-state index in [4.69, 9.17) is 0 Å². The number of allylic oxidation sites excluding steroid dienone is 5. The van der Waals surface area contributed by atoms with E-state index in [1.54, 1.807) is 64.1 Å². The van der Waals surface area contributed by atoms with Crippen molar-refractivity contribution in [2.24, 2.45) is 0 Å². The fraction of sp³-hybridized carbons (Fsp3) is 0.212. The van der Waals surface area contributed by atoms with E-state index in [0.717, 1.165) is 6.92 Å². The number of rotatable bonds is 4. The molecule has 224 valence electrons. The molecule has 44 heavy (non-hydrogen) atoms. The smallest absolute Gasteiger partial charge is 0.216 e. The van der Waals surface area contributed by atoms with E-state index in [2.05, 4.69) is 0 Å².